The molecule has 0 aliphatic rings. The molecule has 1 rings (SSSR count). The second-order valence-electron chi connectivity index (χ2n) is 4.68. The Balaban J connectivity index is 2.62. The minimum atomic E-state index is -0.558. The fourth-order valence-corrected chi connectivity index (χ4v) is 1.58. The number of hydrogen-bond donors (Lipinski definition) is 3. The molecule has 0 aliphatic heterocycles. The molecule has 0 fully saturated rings. The summed E-state index contributed by atoms with van der Waals surface area (Å²) in [5, 5.41) is 14.0. The first kappa shape index (κ1) is 16.1. The third kappa shape index (κ3) is 4.28. The molecule has 9 nitrogen and oxygen atoms in total. The van der Waals surface area contributed by atoms with E-state index < -0.39 is 4.92 Å². The number of hydrogen-bond acceptors (Lipinski definition) is 8. The molecule has 0 spiro atoms. The molecule has 0 amide bonds. The zero-order valence-electron chi connectivity index (χ0n) is 12.0. The topological polar surface area (TPSA) is 122 Å². The highest BCUT2D eigenvalue weighted by Gasteiger charge is 2.21. The molecule has 1 aromatic heterocycles. The Hall–Kier alpha value is -2.00. The molecule has 0 saturated carbocycles. The van der Waals surface area contributed by atoms with Crippen LogP contribution in [0.15, 0.2) is 6.33 Å². The molecule has 1 heterocycles. The van der Waals surface area contributed by atoms with Gasteiger partial charge in [-0.2, -0.15) is 0 Å². The lowest BCUT2D eigenvalue weighted by Crippen LogP contribution is -2.28. The molecule has 4 N–H and O–H groups in total. The smallest absolute Gasteiger partial charge is 0.354 e. The highest BCUT2D eigenvalue weighted by Crippen LogP contribution is 2.27. The van der Waals surface area contributed by atoms with Gasteiger partial charge in [-0.25, -0.2) is 15.8 Å². The summed E-state index contributed by atoms with van der Waals surface area (Å²) in [7, 11) is 2.04. The van der Waals surface area contributed by atoms with Crippen LogP contribution < -0.4 is 16.6 Å². The van der Waals surface area contributed by atoms with Gasteiger partial charge < -0.3 is 15.6 Å². The van der Waals surface area contributed by atoms with Crippen LogP contribution in [0.3, 0.4) is 0 Å². The van der Waals surface area contributed by atoms with E-state index in [9.17, 15) is 10.1 Å². The third-order valence-corrected chi connectivity index (χ3v) is 3.00. The summed E-state index contributed by atoms with van der Waals surface area (Å²) in [4.78, 5) is 20.3. The summed E-state index contributed by atoms with van der Waals surface area (Å²) in [6.45, 7) is 5.70. The lowest BCUT2D eigenvalue weighted by Gasteiger charge is -2.20. The van der Waals surface area contributed by atoms with Gasteiger partial charge in [0, 0.05) is 12.6 Å². The van der Waals surface area contributed by atoms with Crippen molar-refractivity contribution in [3.8, 4) is 0 Å². The molecule has 0 unspecified atom stereocenters. The number of hydrazine groups is 1. The van der Waals surface area contributed by atoms with E-state index in [2.05, 4.69) is 39.5 Å². The van der Waals surface area contributed by atoms with Crippen LogP contribution in [-0.4, -0.2) is 46.0 Å². The minimum Gasteiger partial charge on any atom is -0.364 e. The normalized spacial score (nSPS) is 10.9. The molecule has 0 saturated heterocycles. The number of nitrogens with one attached hydrogen (secondary N) is 2. The molecule has 0 aromatic carbocycles. The van der Waals surface area contributed by atoms with E-state index in [1.807, 2.05) is 7.05 Å². The second kappa shape index (κ2) is 7.56. The van der Waals surface area contributed by atoms with Crippen molar-refractivity contribution in [3.63, 3.8) is 0 Å². The first-order chi connectivity index (χ1) is 9.47. The van der Waals surface area contributed by atoms with E-state index in [1.165, 1.54) is 6.33 Å². The van der Waals surface area contributed by atoms with Gasteiger partial charge in [0.2, 0.25) is 11.6 Å². The van der Waals surface area contributed by atoms with Crippen molar-refractivity contribution in [2.24, 2.45) is 5.84 Å². The van der Waals surface area contributed by atoms with Crippen LogP contribution in [0.1, 0.15) is 20.3 Å². The van der Waals surface area contributed by atoms with Crippen LogP contribution in [0.2, 0.25) is 0 Å². The van der Waals surface area contributed by atoms with Crippen LogP contribution in [0.5, 0.6) is 0 Å². The lowest BCUT2D eigenvalue weighted by molar-refractivity contribution is -0.383. The minimum absolute atomic E-state index is 0.00759. The van der Waals surface area contributed by atoms with E-state index >= 15 is 0 Å². The Bertz CT molecular complexity index is 452. The first-order valence-electron chi connectivity index (χ1n) is 6.37. The fourth-order valence-electron chi connectivity index (χ4n) is 1.58. The van der Waals surface area contributed by atoms with Gasteiger partial charge in [0.25, 0.3) is 0 Å². The monoisotopic (exact) mass is 283 g/mol. The van der Waals surface area contributed by atoms with Gasteiger partial charge >= 0.3 is 5.69 Å². The summed E-state index contributed by atoms with van der Waals surface area (Å²) in [6, 6.07) is 0.469. The molecule has 0 bridgehead atoms. The van der Waals surface area contributed by atoms with E-state index in [0.29, 0.717) is 12.6 Å². The Morgan fingerprint density at radius 1 is 1.45 bits per heavy atom. The van der Waals surface area contributed by atoms with Crippen LogP contribution in [0, 0.1) is 10.1 Å². The molecule has 0 aliphatic carbocycles. The van der Waals surface area contributed by atoms with Gasteiger partial charge in [0.1, 0.15) is 6.33 Å². The van der Waals surface area contributed by atoms with Crippen molar-refractivity contribution < 1.29 is 4.92 Å². The van der Waals surface area contributed by atoms with Crippen molar-refractivity contribution in [3.05, 3.63) is 16.4 Å². The standard InChI is InChI=1S/C11H21N7O2/c1-8(2)17(3)6-4-5-13-10-9(18(19)20)11(16-12)15-7-14-10/h7-8H,4-6,12H2,1-3H3,(H2,13,14,15,16). The summed E-state index contributed by atoms with van der Waals surface area (Å²) in [5.74, 6) is 5.37. The van der Waals surface area contributed by atoms with Crippen LogP contribution in [0.4, 0.5) is 17.3 Å². The van der Waals surface area contributed by atoms with Crippen LogP contribution >= 0.6 is 0 Å². The first-order valence-corrected chi connectivity index (χ1v) is 6.37. The maximum absolute atomic E-state index is 11.0. The summed E-state index contributed by atoms with van der Waals surface area (Å²) in [6.07, 6.45) is 2.08. The SMILES string of the molecule is CC(C)N(C)CCCNc1ncnc(NN)c1[N+](=O)[O-]. The zero-order chi connectivity index (χ0) is 15.1. The predicted molar refractivity (Wildman–Crippen MR) is 77.4 cm³/mol. The molecule has 1 aromatic rings. The van der Waals surface area contributed by atoms with Gasteiger partial charge in [0.15, 0.2) is 0 Å². The number of nitrogens with two attached hydrogens (primary N) is 1. The van der Waals surface area contributed by atoms with Gasteiger partial charge in [-0.05, 0) is 33.9 Å². The van der Waals surface area contributed by atoms with E-state index in [0.717, 1.165) is 13.0 Å². The molecule has 112 valence electrons. The largest absolute Gasteiger partial charge is 0.364 e. The lowest BCUT2D eigenvalue weighted by atomic mass is 10.3. The molecule has 0 atom stereocenters. The Kier molecular flexibility index (Phi) is 6.07. The maximum Gasteiger partial charge on any atom is 0.354 e. The number of anilines is 2. The second-order valence-corrected chi connectivity index (χ2v) is 4.68. The average molecular weight is 283 g/mol. The number of nitrogen functional groups attached to an aromatic ring is 1. The quantitative estimate of drug-likeness (QED) is 0.277. The predicted octanol–water partition coefficient (Wildman–Crippen LogP) is 0.813. The van der Waals surface area contributed by atoms with Crippen molar-refractivity contribution >= 4 is 17.3 Å². The average Bonchev–Trinajstić information content (AvgIpc) is 2.42. The molecule has 0 radical (unpaired) electrons. The summed E-state index contributed by atoms with van der Waals surface area (Å²) < 4.78 is 0. The third-order valence-electron chi connectivity index (χ3n) is 3.00. The highest BCUT2D eigenvalue weighted by molar-refractivity contribution is 5.68. The highest BCUT2D eigenvalue weighted by atomic mass is 16.6. The Morgan fingerprint density at radius 3 is 2.65 bits per heavy atom. The summed E-state index contributed by atoms with van der Waals surface area (Å²) >= 11 is 0. The molecule has 9 heteroatoms. The van der Waals surface area contributed by atoms with Crippen molar-refractivity contribution in [2.75, 3.05) is 30.9 Å². The molecule has 20 heavy (non-hydrogen) atoms. The number of rotatable bonds is 8. The van der Waals surface area contributed by atoms with Crippen molar-refractivity contribution in [2.45, 2.75) is 26.3 Å². The van der Waals surface area contributed by atoms with Crippen molar-refractivity contribution in [1.29, 1.82) is 0 Å². The Labute approximate surface area is 117 Å². The number of aromatic nitrogens is 2. The zero-order valence-corrected chi connectivity index (χ0v) is 12.0. The van der Waals surface area contributed by atoms with Gasteiger partial charge in [-0.15, -0.1) is 0 Å². The number of nitrogens with zero attached hydrogens (tertiary/aromatic N) is 4. The van der Waals surface area contributed by atoms with Crippen molar-refractivity contribution in [1.82, 2.24) is 14.9 Å². The summed E-state index contributed by atoms with van der Waals surface area (Å²) in [5.41, 5.74) is 1.96. The van der Waals surface area contributed by atoms with Gasteiger partial charge in [-0.1, -0.05) is 0 Å². The molecular formula is C11H21N7O2. The van der Waals surface area contributed by atoms with E-state index in [-0.39, 0.29) is 17.3 Å². The Morgan fingerprint density at radius 2 is 2.10 bits per heavy atom. The van der Waals surface area contributed by atoms with E-state index in [4.69, 9.17) is 5.84 Å². The maximum atomic E-state index is 11.0. The fraction of sp³-hybridized carbons (Fsp3) is 0.636. The number of nitro groups is 1. The molecular weight excluding hydrogens is 262 g/mol. The van der Waals surface area contributed by atoms with E-state index in [1.54, 1.807) is 0 Å². The van der Waals surface area contributed by atoms with Crippen LogP contribution in [-0.2, 0) is 0 Å². The van der Waals surface area contributed by atoms with Gasteiger partial charge in [0.05, 0.1) is 4.92 Å². The van der Waals surface area contributed by atoms with Crippen LogP contribution in [0.25, 0.3) is 0 Å². The van der Waals surface area contributed by atoms with Gasteiger partial charge in [-0.3, -0.25) is 10.1 Å².